The molecule has 4 N–H and O–H groups in total. The lowest BCUT2D eigenvalue weighted by atomic mass is 10.0. The van der Waals surface area contributed by atoms with Gasteiger partial charge >= 0.3 is 7.60 Å². The van der Waals surface area contributed by atoms with Gasteiger partial charge in [0.25, 0.3) is 0 Å². The Morgan fingerprint density at radius 1 is 0.805 bits per heavy atom. The first-order valence-corrected chi connectivity index (χ1v) is 17.8. The lowest BCUT2D eigenvalue weighted by Gasteiger charge is -2.13. The van der Waals surface area contributed by atoms with Crippen molar-refractivity contribution in [2.75, 3.05) is 25.3 Å². The number of hydrogen-bond acceptors (Lipinski definition) is 7. The number of anilines is 1. The third-order valence-corrected chi connectivity index (χ3v) is 8.00. The van der Waals surface area contributed by atoms with Gasteiger partial charge in [0.05, 0.1) is 6.61 Å². The lowest BCUT2D eigenvalue weighted by molar-refractivity contribution is 0.0571. The summed E-state index contributed by atoms with van der Waals surface area (Å²) in [5.74, 6) is 1.57. The predicted octanol–water partition coefficient (Wildman–Crippen LogP) is 7.46. The summed E-state index contributed by atoms with van der Waals surface area (Å²) in [4.78, 5) is 31.7. The molecule has 0 fully saturated rings. The van der Waals surface area contributed by atoms with E-state index in [0.29, 0.717) is 42.4 Å². The van der Waals surface area contributed by atoms with Gasteiger partial charge in [-0.2, -0.15) is 0 Å². The highest BCUT2D eigenvalue weighted by atomic mass is 31.2. The largest absolute Gasteiger partial charge is 0.382 e. The van der Waals surface area contributed by atoms with E-state index >= 15 is 0 Å². The summed E-state index contributed by atoms with van der Waals surface area (Å²) in [5.41, 5.74) is 7.33. The maximum absolute atomic E-state index is 11.1. The maximum Gasteiger partial charge on any atom is 0.350 e. The molecule has 1 unspecified atom stereocenters. The van der Waals surface area contributed by atoms with Crippen LogP contribution in [0.3, 0.4) is 0 Å². The summed E-state index contributed by atoms with van der Waals surface area (Å²) in [6, 6.07) is 0. The predicted molar refractivity (Wildman–Crippen MR) is 166 cm³/mol. The van der Waals surface area contributed by atoms with E-state index in [-0.39, 0.29) is 12.7 Å². The van der Waals surface area contributed by atoms with Crippen LogP contribution in [-0.4, -0.2) is 48.9 Å². The summed E-state index contributed by atoms with van der Waals surface area (Å²) in [6.45, 7) is 7.30. The monoisotopic (exact) mass is 597 g/mol. The molecule has 2 aromatic heterocycles. The van der Waals surface area contributed by atoms with E-state index in [1.165, 1.54) is 89.9 Å². The average molecular weight is 598 g/mol. The average Bonchev–Trinajstić information content (AvgIpc) is 3.30. The van der Waals surface area contributed by atoms with Crippen LogP contribution < -0.4 is 5.73 Å². The van der Waals surface area contributed by atoms with Gasteiger partial charge in [0.1, 0.15) is 18.3 Å². The molecule has 0 bridgehead atoms. The summed E-state index contributed by atoms with van der Waals surface area (Å²) in [6.07, 6.45) is 21.1. The van der Waals surface area contributed by atoms with Crippen molar-refractivity contribution in [1.29, 1.82) is 0 Å². The molecule has 2 rings (SSSR count). The molecule has 0 aliphatic rings. The first-order valence-electron chi connectivity index (χ1n) is 16.0. The number of ether oxygens (including phenoxy) is 2. The van der Waals surface area contributed by atoms with Crippen molar-refractivity contribution < 1.29 is 23.8 Å². The molecule has 11 heteroatoms. The molecule has 0 amide bonds. The van der Waals surface area contributed by atoms with Gasteiger partial charge in [0.15, 0.2) is 22.8 Å². The van der Waals surface area contributed by atoms with Crippen molar-refractivity contribution in [3.05, 3.63) is 11.6 Å². The second-order valence-corrected chi connectivity index (χ2v) is 12.8. The van der Waals surface area contributed by atoms with Crippen LogP contribution in [0.15, 0.2) is 0 Å². The van der Waals surface area contributed by atoms with Gasteiger partial charge in [-0.3, -0.25) is 4.57 Å². The fourth-order valence-corrected chi connectivity index (χ4v) is 5.46. The van der Waals surface area contributed by atoms with Crippen LogP contribution in [0.1, 0.15) is 141 Å². The van der Waals surface area contributed by atoms with E-state index < -0.39 is 13.9 Å². The number of rotatable bonds is 25. The van der Waals surface area contributed by atoms with Gasteiger partial charge in [-0.05, 0) is 13.3 Å². The highest BCUT2D eigenvalue weighted by molar-refractivity contribution is 7.51. The Labute approximate surface area is 247 Å². The number of nitrogen functional groups attached to an aromatic ring is 1. The molecular formula is C30H56N5O5P. The Morgan fingerprint density at radius 2 is 1.34 bits per heavy atom. The highest BCUT2D eigenvalue weighted by Gasteiger charge is 2.19. The summed E-state index contributed by atoms with van der Waals surface area (Å²) in [5, 5.41) is 0. The topological polar surface area (TPSA) is 146 Å². The number of hydrogen-bond donors (Lipinski definition) is 3. The molecule has 0 aliphatic heterocycles. The van der Waals surface area contributed by atoms with Crippen molar-refractivity contribution in [1.82, 2.24) is 19.5 Å². The molecular weight excluding hydrogens is 541 g/mol. The van der Waals surface area contributed by atoms with Crippen molar-refractivity contribution >= 4 is 24.6 Å². The molecule has 1 atom stereocenters. The van der Waals surface area contributed by atoms with Crippen molar-refractivity contribution in [2.45, 2.75) is 143 Å². The summed E-state index contributed by atoms with van der Waals surface area (Å²) >= 11 is 0. The van der Waals surface area contributed by atoms with Crippen LogP contribution >= 0.6 is 7.60 Å². The SMILES string of the molecule is CCCCCCCCCCCCCCCCCCOC(C)c1nc(N)c2nc(CC)n(CCOCP(=O)(O)O)c2n1. The highest BCUT2D eigenvalue weighted by Crippen LogP contribution is 2.33. The zero-order valence-corrected chi connectivity index (χ0v) is 26.8. The fourth-order valence-electron chi connectivity index (χ4n) is 5.10. The van der Waals surface area contributed by atoms with Crippen LogP contribution in [0.5, 0.6) is 0 Å². The second kappa shape index (κ2) is 20.3. The molecule has 236 valence electrons. The Kier molecular flexibility index (Phi) is 17.7. The minimum Gasteiger partial charge on any atom is -0.382 e. The van der Waals surface area contributed by atoms with E-state index in [1.54, 1.807) is 0 Å². The van der Waals surface area contributed by atoms with Crippen LogP contribution in [0.25, 0.3) is 11.2 Å². The van der Waals surface area contributed by atoms with Gasteiger partial charge < -0.3 is 29.6 Å². The van der Waals surface area contributed by atoms with E-state index in [1.807, 2.05) is 18.4 Å². The molecule has 2 aromatic rings. The third kappa shape index (κ3) is 14.4. The minimum absolute atomic E-state index is 0.119. The van der Waals surface area contributed by atoms with Crippen LogP contribution in [0, 0.1) is 0 Å². The van der Waals surface area contributed by atoms with Gasteiger partial charge in [0.2, 0.25) is 0 Å². The number of fused-ring (bicyclic) bond motifs is 1. The van der Waals surface area contributed by atoms with Crippen molar-refractivity contribution in [2.24, 2.45) is 0 Å². The van der Waals surface area contributed by atoms with Gasteiger partial charge in [-0.15, -0.1) is 0 Å². The second-order valence-electron chi connectivity index (χ2n) is 11.2. The number of aryl methyl sites for hydroxylation is 1. The molecule has 2 heterocycles. The number of unbranched alkanes of at least 4 members (excludes halogenated alkanes) is 15. The molecule has 0 saturated heterocycles. The maximum atomic E-state index is 11.1. The van der Waals surface area contributed by atoms with Gasteiger partial charge in [-0.1, -0.05) is 110 Å². The molecule has 0 radical (unpaired) electrons. The Balaban J connectivity index is 1.63. The van der Waals surface area contributed by atoms with Crippen LogP contribution in [0.2, 0.25) is 0 Å². The number of imidazole rings is 1. The van der Waals surface area contributed by atoms with Crippen LogP contribution in [0.4, 0.5) is 5.82 Å². The lowest BCUT2D eigenvalue weighted by Crippen LogP contribution is -2.13. The fraction of sp³-hybridized carbons (Fsp3) is 0.833. The number of aromatic nitrogens is 4. The van der Waals surface area contributed by atoms with Crippen LogP contribution in [-0.2, 0) is 27.0 Å². The van der Waals surface area contributed by atoms with E-state index in [0.717, 1.165) is 18.7 Å². The molecule has 10 nitrogen and oxygen atoms in total. The molecule has 41 heavy (non-hydrogen) atoms. The number of nitrogens with two attached hydrogens (primary N) is 1. The summed E-state index contributed by atoms with van der Waals surface area (Å²) < 4.78 is 24.1. The quantitative estimate of drug-likeness (QED) is 0.0784. The standard InChI is InChI=1S/C30H56N5O5P/c1-4-6-7-8-9-10-11-12-13-14-15-16-17-18-19-20-22-40-25(3)29-33-28(31)27-30(34-29)35(26(5-2)32-27)21-23-39-24-41(36,37)38/h25H,4-24H2,1-3H3,(H2,31,33,34)(H2,36,37,38). The smallest absolute Gasteiger partial charge is 0.350 e. The van der Waals surface area contributed by atoms with Crippen molar-refractivity contribution in [3.8, 4) is 0 Å². The molecule has 0 saturated carbocycles. The minimum atomic E-state index is -4.21. The molecule has 0 aliphatic carbocycles. The van der Waals surface area contributed by atoms with Gasteiger partial charge in [0, 0.05) is 19.6 Å². The Morgan fingerprint density at radius 3 is 1.85 bits per heavy atom. The summed E-state index contributed by atoms with van der Waals surface area (Å²) in [7, 11) is -4.21. The van der Waals surface area contributed by atoms with Crippen molar-refractivity contribution in [3.63, 3.8) is 0 Å². The zero-order valence-electron chi connectivity index (χ0n) is 25.9. The zero-order chi connectivity index (χ0) is 29.9. The first kappa shape index (κ1) is 35.6. The van der Waals surface area contributed by atoms with E-state index in [2.05, 4.69) is 16.9 Å². The van der Waals surface area contributed by atoms with E-state index in [4.69, 9.17) is 30.0 Å². The molecule has 0 spiro atoms. The van der Waals surface area contributed by atoms with E-state index in [9.17, 15) is 4.57 Å². The normalized spacial score (nSPS) is 12.9. The Bertz CT molecular complexity index is 1030. The number of nitrogens with zero attached hydrogens (tertiary/aromatic N) is 4. The van der Waals surface area contributed by atoms with Gasteiger partial charge in [-0.25, -0.2) is 15.0 Å². The first-order chi connectivity index (χ1) is 19.8. The molecule has 0 aromatic carbocycles. The third-order valence-electron chi connectivity index (χ3n) is 7.48. The Hall–Kier alpha value is -1.58.